The Labute approximate surface area is 270 Å². The molecule has 3 nitrogen and oxygen atoms in total. The standard InChI is InChI=1S/C40H39NO2P2/c1-32(2)41(44(35-20-7-3-8-21-35)36-22-9-4-10-23-36)30-34(31-42-40-29-17-19-33-18-15-16-28-39(33)40)43-45(37-24-11-5-12-25-37)38-26-13-6-14-27-38/h3-29,32,34H,30-31H2,1-2H3. The van der Waals surface area contributed by atoms with Gasteiger partial charge in [0.25, 0.3) is 0 Å². The van der Waals surface area contributed by atoms with E-state index in [1.807, 2.05) is 0 Å². The van der Waals surface area contributed by atoms with E-state index in [1.54, 1.807) is 0 Å². The van der Waals surface area contributed by atoms with Crippen LogP contribution in [0.2, 0.25) is 0 Å². The van der Waals surface area contributed by atoms with Crippen LogP contribution in [0.1, 0.15) is 13.8 Å². The SMILES string of the molecule is CC(C)N(CC(COc1cccc2ccccc12)OP(c1ccccc1)c1ccccc1)P(c1ccccc1)c1ccccc1. The fourth-order valence-corrected chi connectivity index (χ4v) is 9.94. The monoisotopic (exact) mass is 627 g/mol. The summed E-state index contributed by atoms with van der Waals surface area (Å²) in [5, 5.41) is 7.33. The molecule has 0 fully saturated rings. The molecule has 6 aromatic rings. The van der Waals surface area contributed by atoms with Crippen LogP contribution in [0.3, 0.4) is 0 Å². The highest BCUT2D eigenvalue weighted by Gasteiger charge is 2.30. The van der Waals surface area contributed by atoms with Crippen LogP contribution in [0.4, 0.5) is 0 Å². The number of hydrogen-bond acceptors (Lipinski definition) is 3. The van der Waals surface area contributed by atoms with Crippen LogP contribution in [0.5, 0.6) is 5.75 Å². The summed E-state index contributed by atoms with van der Waals surface area (Å²) in [4.78, 5) is 0. The summed E-state index contributed by atoms with van der Waals surface area (Å²) in [6, 6.07) is 58.0. The normalized spacial score (nSPS) is 12.3. The Balaban J connectivity index is 1.38. The average molecular weight is 628 g/mol. The van der Waals surface area contributed by atoms with Crippen molar-refractivity contribution >= 4 is 48.2 Å². The lowest BCUT2D eigenvalue weighted by atomic mass is 10.1. The molecule has 0 radical (unpaired) electrons. The van der Waals surface area contributed by atoms with Crippen LogP contribution >= 0.6 is 16.2 Å². The van der Waals surface area contributed by atoms with Gasteiger partial charge in [-0.15, -0.1) is 0 Å². The summed E-state index contributed by atoms with van der Waals surface area (Å²) in [5.74, 6) is 0.884. The Bertz CT molecular complexity index is 1670. The first kappa shape index (κ1) is 31.2. The van der Waals surface area contributed by atoms with Gasteiger partial charge < -0.3 is 9.26 Å². The van der Waals surface area contributed by atoms with Gasteiger partial charge in [0.2, 0.25) is 0 Å². The summed E-state index contributed by atoms with van der Waals surface area (Å²) in [7, 11) is -1.89. The maximum Gasteiger partial charge on any atom is 0.127 e. The molecule has 0 aliphatic rings. The van der Waals surface area contributed by atoms with E-state index < -0.39 is 16.2 Å². The van der Waals surface area contributed by atoms with Crippen LogP contribution in [-0.4, -0.2) is 30.0 Å². The van der Waals surface area contributed by atoms with Crippen LogP contribution in [0.15, 0.2) is 164 Å². The van der Waals surface area contributed by atoms with Gasteiger partial charge in [-0.25, -0.2) is 0 Å². The number of ether oxygens (including phenoxy) is 1. The van der Waals surface area contributed by atoms with Crippen molar-refractivity contribution in [3.63, 3.8) is 0 Å². The minimum Gasteiger partial charge on any atom is -0.490 e. The molecule has 0 aliphatic carbocycles. The highest BCUT2D eigenvalue weighted by molar-refractivity contribution is 7.70. The van der Waals surface area contributed by atoms with Crippen molar-refractivity contribution < 1.29 is 9.26 Å². The van der Waals surface area contributed by atoms with Gasteiger partial charge in [0.1, 0.15) is 18.5 Å². The van der Waals surface area contributed by atoms with Crippen molar-refractivity contribution in [3.05, 3.63) is 164 Å². The zero-order valence-corrected chi connectivity index (χ0v) is 27.6. The maximum absolute atomic E-state index is 7.27. The van der Waals surface area contributed by atoms with E-state index in [0.717, 1.165) is 17.7 Å². The third-order valence-corrected chi connectivity index (χ3v) is 12.4. The summed E-state index contributed by atoms with van der Waals surface area (Å²) < 4.78 is 16.6. The van der Waals surface area contributed by atoms with E-state index in [-0.39, 0.29) is 12.1 Å². The van der Waals surface area contributed by atoms with E-state index in [4.69, 9.17) is 9.26 Å². The second-order valence-corrected chi connectivity index (χ2v) is 15.2. The van der Waals surface area contributed by atoms with Crippen molar-refractivity contribution in [2.24, 2.45) is 0 Å². The molecule has 45 heavy (non-hydrogen) atoms. The van der Waals surface area contributed by atoms with Crippen molar-refractivity contribution in [1.29, 1.82) is 0 Å². The summed E-state index contributed by atoms with van der Waals surface area (Å²) in [5.41, 5.74) is 0. The molecule has 0 spiro atoms. The smallest absolute Gasteiger partial charge is 0.127 e. The first-order chi connectivity index (χ1) is 22.2. The van der Waals surface area contributed by atoms with Gasteiger partial charge in [0.05, 0.1) is 8.15 Å². The fourth-order valence-electron chi connectivity index (χ4n) is 5.48. The highest BCUT2D eigenvalue weighted by atomic mass is 31.1. The van der Waals surface area contributed by atoms with Crippen LogP contribution in [-0.2, 0) is 4.52 Å². The highest BCUT2D eigenvalue weighted by Crippen LogP contribution is 2.43. The molecule has 5 heteroatoms. The number of nitrogens with zero attached hydrogens (tertiary/aromatic N) is 1. The molecule has 0 saturated carbocycles. The zero-order chi connectivity index (χ0) is 30.8. The van der Waals surface area contributed by atoms with E-state index >= 15 is 0 Å². The average Bonchev–Trinajstić information content (AvgIpc) is 3.10. The molecule has 6 rings (SSSR count). The number of rotatable bonds is 13. The minimum atomic E-state index is -1.08. The molecule has 1 atom stereocenters. The summed E-state index contributed by atoms with van der Waals surface area (Å²) >= 11 is 0. The first-order valence-corrected chi connectivity index (χ1v) is 18.1. The molecule has 0 amide bonds. The molecule has 0 saturated heterocycles. The number of fused-ring (bicyclic) bond motifs is 1. The van der Waals surface area contributed by atoms with Crippen molar-refractivity contribution in [1.82, 2.24) is 4.67 Å². The third kappa shape index (κ3) is 7.88. The lowest BCUT2D eigenvalue weighted by Crippen LogP contribution is -2.42. The Morgan fingerprint density at radius 3 is 1.53 bits per heavy atom. The van der Waals surface area contributed by atoms with Gasteiger partial charge in [0.15, 0.2) is 0 Å². The Hall–Kier alpha value is -3.84. The Morgan fingerprint density at radius 2 is 1.00 bits per heavy atom. The second-order valence-electron chi connectivity index (χ2n) is 11.2. The lowest BCUT2D eigenvalue weighted by molar-refractivity contribution is 0.120. The van der Waals surface area contributed by atoms with E-state index in [1.165, 1.54) is 26.6 Å². The zero-order valence-electron chi connectivity index (χ0n) is 25.8. The maximum atomic E-state index is 7.27. The molecule has 0 aliphatic heterocycles. The van der Waals surface area contributed by atoms with Gasteiger partial charge in [-0.2, -0.15) is 0 Å². The lowest BCUT2D eigenvalue weighted by Gasteiger charge is -2.38. The molecule has 0 heterocycles. The van der Waals surface area contributed by atoms with Crippen molar-refractivity contribution in [2.45, 2.75) is 26.0 Å². The van der Waals surface area contributed by atoms with E-state index in [9.17, 15) is 0 Å². The van der Waals surface area contributed by atoms with E-state index in [2.05, 4.69) is 182 Å². The van der Waals surface area contributed by atoms with Crippen LogP contribution in [0.25, 0.3) is 10.8 Å². The van der Waals surface area contributed by atoms with Crippen molar-refractivity contribution in [3.8, 4) is 5.75 Å². The topological polar surface area (TPSA) is 21.7 Å². The predicted molar refractivity (Wildman–Crippen MR) is 194 cm³/mol. The Morgan fingerprint density at radius 1 is 0.533 bits per heavy atom. The molecular weight excluding hydrogens is 588 g/mol. The fraction of sp³-hybridized carbons (Fsp3) is 0.150. The molecule has 0 aromatic heterocycles. The van der Waals surface area contributed by atoms with Gasteiger partial charge in [-0.3, -0.25) is 4.67 Å². The van der Waals surface area contributed by atoms with Gasteiger partial charge >= 0.3 is 0 Å². The second kappa shape index (κ2) is 15.4. The molecule has 1 unspecified atom stereocenters. The van der Waals surface area contributed by atoms with Crippen LogP contribution < -0.4 is 26.0 Å². The van der Waals surface area contributed by atoms with Crippen molar-refractivity contribution in [2.75, 3.05) is 13.2 Å². The quantitative estimate of drug-likeness (QED) is 0.120. The van der Waals surface area contributed by atoms with E-state index in [0.29, 0.717) is 6.61 Å². The number of benzene rings is 6. The van der Waals surface area contributed by atoms with Gasteiger partial charge in [-0.1, -0.05) is 158 Å². The predicted octanol–water partition coefficient (Wildman–Crippen LogP) is 8.41. The largest absolute Gasteiger partial charge is 0.490 e. The van der Waals surface area contributed by atoms with Crippen LogP contribution in [0, 0.1) is 0 Å². The minimum absolute atomic E-state index is 0.199. The molecule has 0 N–H and O–H groups in total. The summed E-state index contributed by atoms with van der Waals surface area (Å²) in [6.45, 7) is 5.74. The molecule has 226 valence electrons. The molecular formula is C40H39NO2P2. The molecule has 0 bridgehead atoms. The number of hydrogen-bond donors (Lipinski definition) is 0. The summed E-state index contributed by atoms with van der Waals surface area (Å²) in [6.07, 6.45) is -0.199. The molecule has 6 aromatic carbocycles. The first-order valence-electron chi connectivity index (χ1n) is 15.5. The van der Waals surface area contributed by atoms with Gasteiger partial charge in [0, 0.05) is 36.7 Å². The Kier molecular flexibility index (Phi) is 10.7. The third-order valence-electron chi connectivity index (χ3n) is 7.66. The van der Waals surface area contributed by atoms with Gasteiger partial charge in [-0.05, 0) is 35.9 Å².